The fraction of sp³-hybridized carbons (Fsp3) is 0.148. The zero-order chi connectivity index (χ0) is 22.1. The van der Waals surface area contributed by atoms with Gasteiger partial charge in [-0.05, 0) is 39.9 Å². The first-order valence-corrected chi connectivity index (χ1v) is 13.5. The van der Waals surface area contributed by atoms with Crippen molar-refractivity contribution in [3.05, 3.63) is 108 Å². The molecule has 0 unspecified atom stereocenters. The van der Waals surface area contributed by atoms with E-state index in [9.17, 15) is 0 Å². The molecule has 0 aliphatic rings. The molecule has 4 rings (SSSR count). The van der Waals surface area contributed by atoms with Crippen LogP contribution in [0.1, 0.15) is 13.9 Å². The number of aromatic nitrogens is 1. The van der Waals surface area contributed by atoms with E-state index in [1.54, 1.807) is 0 Å². The topological polar surface area (TPSA) is 12.9 Å². The molecule has 29 heavy (non-hydrogen) atoms. The van der Waals surface area contributed by atoms with Crippen molar-refractivity contribution in [2.75, 3.05) is 0 Å². The van der Waals surface area contributed by atoms with Crippen molar-refractivity contribution in [3.63, 3.8) is 0 Å². The molecule has 0 atom stereocenters. The number of nitrogens with zero attached hydrogens (tertiary/aromatic N) is 1. The van der Waals surface area contributed by atoms with E-state index in [2.05, 4.69) is 56.0 Å². The van der Waals surface area contributed by atoms with Crippen LogP contribution in [0, 0.1) is 0 Å². The van der Waals surface area contributed by atoms with Crippen molar-refractivity contribution < 1.29 is 2.74 Å². The Hall–Kier alpha value is -2.97. The first-order valence-electron chi connectivity index (χ1n) is 11.0. The van der Waals surface area contributed by atoms with Crippen LogP contribution in [0.25, 0.3) is 22.4 Å². The van der Waals surface area contributed by atoms with Crippen molar-refractivity contribution in [1.82, 2.24) is 4.98 Å². The fourth-order valence-electron chi connectivity index (χ4n) is 3.46. The number of rotatable bonds is 5. The maximum atomic E-state index is 9.00. The lowest BCUT2D eigenvalue weighted by Crippen LogP contribution is -2.40. The smallest absolute Gasteiger partial charge is 0.0799 e. The summed E-state index contributed by atoms with van der Waals surface area (Å²) in [6.45, 7) is 6.72. The van der Waals surface area contributed by atoms with Crippen LogP contribution in [0.4, 0.5) is 0 Å². The number of pyridine rings is 1. The van der Waals surface area contributed by atoms with E-state index in [0.717, 1.165) is 27.6 Å². The van der Waals surface area contributed by atoms with Crippen molar-refractivity contribution in [2.45, 2.75) is 26.0 Å². The van der Waals surface area contributed by atoms with Crippen molar-refractivity contribution in [2.24, 2.45) is 0 Å². The average Bonchev–Trinajstić information content (AvgIpc) is 2.79. The Labute approximate surface area is 177 Å². The van der Waals surface area contributed by atoms with Gasteiger partial charge in [0.15, 0.2) is 0 Å². The van der Waals surface area contributed by atoms with Gasteiger partial charge >= 0.3 is 0 Å². The molecule has 4 aromatic rings. The molecule has 144 valence electrons. The van der Waals surface area contributed by atoms with Crippen LogP contribution in [0.5, 0.6) is 0 Å². The van der Waals surface area contributed by atoms with Gasteiger partial charge in [0.05, 0.1) is 13.8 Å². The highest BCUT2D eigenvalue weighted by atomic mass is 28.3. The van der Waals surface area contributed by atoms with E-state index in [1.165, 1.54) is 5.56 Å². The molecule has 0 amide bonds. The van der Waals surface area contributed by atoms with Crippen LogP contribution in [0.3, 0.4) is 0 Å². The summed E-state index contributed by atoms with van der Waals surface area (Å²) in [4.78, 5) is 4.75. The van der Waals surface area contributed by atoms with Crippen LogP contribution in [0.2, 0.25) is 19.6 Å². The van der Waals surface area contributed by atoms with Crippen LogP contribution in [0.15, 0.2) is 97.2 Å². The Balaban J connectivity index is 1.79. The van der Waals surface area contributed by atoms with Gasteiger partial charge in [0.1, 0.15) is 0 Å². The highest BCUT2D eigenvalue weighted by Gasteiger charge is 2.21. The Morgan fingerprint density at radius 2 is 1.28 bits per heavy atom. The van der Waals surface area contributed by atoms with Gasteiger partial charge < -0.3 is 0 Å². The molecule has 1 heterocycles. The second kappa shape index (κ2) is 8.18. The fourth-order valence-corrected chi connectivity index (χ4v) is 4.85. The summed E-state index contributed by atoms with van der Waals surface area (Å²) in [5.74, 6) is 0. The van der Waals surface area contributed by atoms with E-state index in [4.69, 9.17) is 7.73 Å². The molecule has 0 aliphatic carbocycles. The zero-order valence-electron chi connectivity index (χ0n) is 19.2. The molecule has 3 aromatic carbocycles. The van der Waals surface area contributed by atoms with Crippen LogP contribution >= 0.6 is 0 Å². The Bertz CT molecular complexity index is 1170. The van der Waals surface area contributed by atoms with Crippen LogP contribution in [-0.4, -0.2) is 13.1 Å². The Morgan fingerprint density at radius 3 is 1.90 bits per heavy atom. The molecular weight excluding hydrogens is 366 g/mol. The maximum Gasteiger partial charge on any atom is 0.0799 e. The van der Waals surface area contributed by atoms with Crippen molar-refractivity contribution in [3.8, 4) is 22.4 Å². The number of hydrogen-bond donors (Lipinski definition) is 0. The first-order chi connectivity index (χ1) is 14.8. The van der Waals surface area contributed by atoms with Gasteiger partial charge in [-0.2, -0.15) is 0 Å². The SMILES string of the molecule is [2H]C([2H])(c1ccccc1)c1cc(-c2ccc(-c3ccccc3)cc2)ncc1[Si](C)(C)C. The molecule has 0 fully saturated rings. The lowest BCUT2D eigenvalue weighted by atomic mass is 10.0. The summed E-state index contributed by atoms with van der Waals surface area (Å²) in [5, 5.41) is 1.06. The molecule has 0 N–H and O–H groups in total. The summed E-state index contributed by atoms with van der Waals surface area (Å²) in [6, 6.07) is 30.0. The standard InChI is InChI=1S/C27H27NSi/c1-29(2,3)27-20-28-26(19-25(27)18-21-10-6-4-7-11-21)24-16-14-23(15-17-24)22-12-8-5-9-13-22/h4-17,19-20H,18H2,1-3H3/i18D2. The second-order valence-corrected chi connectivity index (χ2v) is 13.3. The molecule has 0 aliphatic heterocycles. The van der Waals surface area contributed by atoms with Gasteiger partial charge in [-0.3, -0.25) is 4.98 Å². The van der Waals surface area contributed by atoms with Crippen molar-refractivity contribution >= 4 is 13.3 Å². The minimum absolute atomic E-state index is 0.672. The van der Waals surface area contributed by atoms with Gasteiger partial charge in [-0.25, -0.2) is 0 Å². The van der Waals surface area contributed by atoms with E-state index >= 15 is 0 Å². The molecule has 0 spiro atoms. The van der Waals surface area contributed by atoms with Gasteiger partial charge in [0.2, 0.25) is 0 Å². The minimum Gasteiger partial charge on any atom is -0.256 e. The maximum absolute atomic E-state index is 9.00. The van der Waals surface area contributed by atoms with E-state index < -0.39 is 14.4 Å². The van der Waals surface area contributed by atoms with Gasteiger partial charge in [-0.15, -0.1) is 0 Å². The molecule has 1 aromatic heterocycles. The minimum atomic E-state index is -1.80. The van der Waals surface area contributed by atoms with E-state index in [-0.39, 0.29) is 0 Å². The molecule has 2 heteroatoms. The molecule has 0 bridgehead atoms. The zero-order valence-corrected chi connectivity index (χ0v) is 18.2. The van der Waals surface area contributed by atoms with Gasteiger partial charge in [0, 0.05) is 14.5 Å². The summed E-state index contributed by atoms with van der Waals surface area (Å²) < 4.78 is 18.0. The van der Waals surface area contributed by atoms with Gasteiger partial charge in [0.25, 0.3) is 0 Å². The third-order valence-corrected chi connectivity index (χ3v) is 7.07. The lowest BCUT2D eigenvalue weighted by Gasteiger charge is -2.21. The van der Waals surface area contributed by atoms with E-state index in [1.807, 2.05) is 60.8 Å². The molecule has 1 nitrogen and oxygen atoms in total. The number of hydrogen-bond acceptors (Lipinski definition) is 1. The van der Waals surface area contributed by atoms with E-state index in [0.29, 0.717) is 5.56 Å². The number of benzene rings is 3. The molecule has 0 radical (unpaired) electrons. The summed E-state index contributed by atoms with van der Waals surface area (Å²) in [6.07, 6.45) is 0.321. The molecule has 0 saturated heterocycles. The van der Waals surface area contributed by atoms with Crippen molar-refractivity contribution in [1.29, 1.82) is 0 Å². The van der Waals surface area contributed by atoms with Crippen LogP contribution < -0.4 is 5.19 Å². The summed E-state index contributed by atoms with van der Waals surface area (Å²) >= 11 is 0. The second-order valence-electron chi connectivity index (χ2n) is 8.30. The normalized spacial score (nSPS) is 12.9. The Morgan fingerprint density at radius 1 is 0.724 bits per heavy atom. The largest absolute Gasteiger partial charge is 0.256 e. The first kappa shape index (κ1) is 16.9. The summed E-state index contributed by atoms with van der Waals surface area (Å²) in [7, 11) is -1.80. The predicted molar refractivity (Wildman–Crippen MR) is 127 cm³/mol. The third-order valence-electron chi connectivity index (χ3n) is 5.05. The predicted octanol–water partition coefficient (Wildman–Crippen LogP) is 6.55. The van der Waals surface area contributed by atoms with Gasteiger partial charge in [-0.1, -0.05) is 105 Å². The van der Waals surface area contributed by atoms with Crippen LogP contribution in [-0.2, 0) is 6.37 Å². The summed E-state index contributed by atoms with van der Waals surface area (Å²) in [5.41, 5.74) is 5.53. The Kier molecular flexibility index (Phi) is 4.78. The lowest BCUT2D eigenvalue weighted by molar-refractivity contribution is 1.18. The highest BCUT2D eigenvalue weighted by Crippen LogP contribution is 2.25. The highest BCUT2D eigenvalue weighted by molar-refractivity contribution is 6.89. The quantitative estimate of drug-likeness (QED) is 0.349. The third kappa shape index (κ3) is 4.55. The average molecular weight is 396 g/mol. The monoisotopic (exact) mass is 395 g/mol. The molecule has 0 saturated carbocycles. The molecular formula is C27H27NSi.